The Morgan fingerprint density at radius 3 is 2.40 bits per heavy atom. The second-order valence-corrected chi connectivity index (χ2v) is 5.62. The molecule has 0 fully saturated rings. The molecule has 20 heavy (non-hydrogen) atoms. The Morgan fingerprint density at radius 1 is 1.05 bits per heavy atom. The molecule has 0 amide bonds. The van der Waals surface area contributed by atoms with Crippen LogP contribution in [0.5, 0.6) is 5.75 Å². The Labute approximate surface area is 132 Å². The van der Waals surface area contributed by atoms with Gasteiger partial charge in [-0.05, 0) is 41.8 Å². The molecule has 5 heteroatoms. The molecule has 0 aliphatic heterocycles. The van der Waals surface area contributed by atoms with Crippen LogP contribution in [0.15, 0.2) is 30.3 Å². The van der Waals surface area contributed by atoms with Gasteiger partial charge >= 0.3 is 0 Å². The number of hydrogen-bond donors (Lipinski definition) is 0. The van der Waals surface area contributed by atoms with Crippen LogP contribution in [0, 0.1) is 12.7 Å². The fourth-order valence-corrected chi connectivity index (χ4v) is 2.93. The van der Waals surface area contributed by atoms with Crippen LogP contribution in [0.3, 0.4) is 0 Å². The highest BCUT2D eigenvalue weighted by Crippen LogP contribution is 2.40. The van der Waals surface area contributed by atoms with Gasteiger partial charge < -0.3 is 4.74 Å². The summed E-state index contributed by atoms with van der Waals surface area (Å²) >= 11 is 18.7. The van der Waals surface area contributed by atoms with E-state index in [1.165, 1.54) is 19.2 Å². The van der Waals surface area contributed by atoms with Crippen molar-refractivity contribution in [2.75, 3.05) is 7.11 Å². The Bertz CT molecular complexity index is 643. The number of halogens is 4. The first-order valence-corrected chi connectivity index (χ1v) is 7.06. The van der Waals surface area contributed by atoms with Crippen LogP contribution < -0.4 is 4.74 Å². The number of hydrogen-bond acceptors (Lipinski definition) is 1. The molecular weight excluding hydrogens is 322 g/mol. The first-order valence-electron chi connectivity index (χ1n) is 5.87. The number of benzene rings is 2. The summed E-state index contributed by atoms with van der Waals surface area (Å²) < 4.78 is 18.5. The van der Waals surface area contributed by atoms with Crippen LogP contribution in [0.2, 0.25) is 10.0 Å². The van der Waals surface area contributed by atoms with Crippen LogP contribution in [-0.4, -0.2) is 7.11 Å². The Kier molecular flexibility index (Phi) is 4.79. The summed E-state index contributed by atoms with van der Waals surface area (Å²) in [6.45, 7) is 1.86. The third-order valence-electron chi connectivity index (χ3n) is 3.06. The van der Waals surface area contributed by atoms with Crippen LogP contribution in [0.4, 0.5) is 4.39 Å². The van der Waals surface area contributed by atoms with Crippen LogP contribution >= 0.6 is 34.8 Å². The van der Waals surface area contributed by atoms with E-state index in [0.717, 1.165) is 5.56 Å². The third kappa shape index (κ3) is 3.03. The molecule has 0 heterocycles. The molecule has 1 atom stereocenters. The monoisotopic (exact) mass is 332 g/mol. The highest BCUT2D eigenvalue weighted by Gasteiger charge is 2.19. The molecule has 0 radical (unpaired) electrons. The summed E-state index contributed by atoms with van der Waals surface area (Å²) in [4.78, 5) is 0. The fraction of sp³-hybridized carbons (Fsp3) is 0.200. The van der Waals surface area contributed by atoms with Crippen molar-refractivity contribution in [3.8, 4) is 5.75 Å². The normalized spacial score (nSPS) is 12.3. The predicted molar refractivity (Wildman–Crippen MR) is 81.8 cm³/mol. The summed E-state index contributed by atoms with van der Waals surface area (Å²) in [7, 11) is 1.51. The van der Waals surface area contributed by atoms with Crippen LogP contribution in [0.25, 0.3) is 0 Å². The molecular formula is C15H12Cl3FO. The fourth-order valence-electron chi connectivity index (χ4n) is 1.95. The van der Waals surface area contributed by atoms with Crippen molar-refractivity contribution < 1.29 is 9.13 Å². The summed E-state index contributed by atoms with van der Waals surface area (Å²) in [5, 5.41) is 0.253. The van der Waals surface area contributed by atoms with Gasteiger partial charge in [0.15, 0.2) is 0 Å². The summed E-state index contributed by atoms with van der Waals surface area (Å²) in [5.74, 6) is 0.132. The maximum absolute atomic E-state index is 13.4. The summed E-state index contributed by atoms with van der Waals surface area (Å²) in [6, 6.07) is 7.72. The lowest BCUT2D eigenvalue weighted by molar-refractivity contribution is 0.415. The van der Waals surface area contributed by atoms with E-state index >= 15 is 0 Å². The van der Waals surface area contributed by atoms with Crippen molar-refractivity contribution >= 4 is 34.8 Å². The van der Waals surface area contributed by atoms with E-state index in [1.807, 2.05) is 6.92 Å². The first kappa shape index (κ1) is 15.4. The number of methoxy groups -OCH3 is 1. The van der Waals surface area contributed by atoms with Crippen molar-refractivity contribution in [1.29, 1.82) is 0 Å². The van der Waals surface area contributed by atoms with E-state index in [4.69, 9.17) is 39.5 Å². The average molecular weight is 334 g/mol. The maximum atomic E-state index is 13.4. The van der Waals surface area contributed by atoms with Crippen LogP contribution in [-0.2, 0) is 0 Å². The van der Waals surface area contributed by atoms with E-state index in [2.05, 4.69) is 0 Å². The predicted octanol–water partition coefficient (Wildman–Crippen LogP) is 5.78. The van der Waals surface area contributed by atoms with E-state index < -0.39 is 5.38 Å². The first-order chi connectivity index (χ1) is 9.43. The van der Waals surface area contributed by atoms with Gasteiger partial charge in [0.2, 0.25) is 0 Å². The molecule has 0 saturated carbocycles. The van der Waals surface area contributed by atoms with Crippen molar-refractivity contribution in [1.82, 2.24) is 0 Å². The zero-order valence-corrected chi connectivity index (χ0v) is 13.2. The minimum absolute atomic E-state index is 0.341. The topological polar surface area (TPSA) is 9.23 Å². The molecule has 0 aliphatic carbocycles. The lowest BCUT2D eigenvalue weighted by atomic mass is 9.99. The summed E-state index contributed by atoms with van der Waals surface area (Å²) in [6.07, 6.45) is 0. The van der Waals surface area contributed by atoms with Gasteiger partial charge in [0.25, 0.3) is 0 Å². The quantitative estimate of drug-likeness (QED) is 0.647. The molecule has 2 rings (SSSR count). The Morgan fingerprint density at radius 2 is 1.75 bits per heavy atom. The van der Waals surface area contributed by atoms with Crippen molar-refractivity contribution in [2.24, 2.45) is 0 Å². The average Bonchev–Trinajstić information content (AvgIpc) is 2.42. The lowest BCUT2D eigenvalue weighted by Crippen LogP contribution is -1.99. The molecule has 0 bridgehead atoms. The zero-order chi connectivity index (χ0) is 14.9. The number of alkyl halides is 1. The standard InChI is InChI=1S/C15H12Cl3FO/c1-8-3-4-9(19)5-10(8)15(18)11-6-13(17)14(20-2)7-12(11)16/h3-7,15H,1-2H3. The van der Waals surface area contributed by atoms with Gasteiger partial charge in [-0.15, -0.1) is 11.6 Å². The van der Waals surface area contributed by atoms with Gasteiger partial charge in [0.05, 0.1) is 17.5 Å². The van der Waals surface area contributed by atoms with Crippen molar-refractivity contribution in [3.05, 3.63) is 62.9 Å². The zero-order valence-electron chi connectivity index (χ0n) is 10.9. The Balaban J connectivity index is 2.50. The molecule has 0 spiro atoms. The van der Waals surface area contributed by atoms with Crippen molar-refractivity contribution in [2.45, 2.75) is 12.3 Å². The van der Waals surface area contributed by atoms with E-state index in [-0.39, 0.29) is 5.82 Å². The molecule has 106 valence electrons. The third-order valence-corrected chi connectivity index (χ3v) is 4.15. The lowest BCUT2D eigenvalue weighted by Gasteiger charge is -2.16. The van der Waals surface area contributed by atoms with Gasteiger partial charge in [0.1, 0.15) is 11.6 Å². The molecule has 1 unspecified atom stereocenters. The SMILES string of the molecule is COc1cc(Cl)c(C(Cl)c2cc(F)ccc2C)cc1Cl. The van der Waals surface area contributed by atoms with E-state index in [9.17, 15) is 4.39 Å². The van der Waals surface area contributed by atoms with Gasteiger partial charge in [-0.2, -0.15) is 0 Å². The molecule has 2 aromatic rings. The number of ether oxygens (including phenoxy) is 1. The van der Waals surface area contributed by atoms with E-state index in [1.54, 1.807) is 18.2 Å². The van der Waals surface area contributed by atoms with Crippen LogP contribution in [0.1, 0.15) is 22.1 Å². The molecule has 0 aliphatic rings. The molecule has 0 aromatic heterocycles. The van der Waals surface area contributed by atoms with Gasteiger partial charge in [-0.3, -0.25) is 0 Å². The molecule has 1 nitrogen and oxygen atoms in total. The highest BCUT2D eigenvalue weighted by molar-refractivity contribution is 6.36. The minimum Gasteiger partial charge on any atom is -0.495 e. The maximum Gasteiger partial charge on any atom is 0.138 e. The Hall–Kier alpha value is -0.960. The van der Waals surface area contributed by atoms with E-state index in [0.29, 0.717) is 26.9 Å². The van der Waals surface area contributed by atoms with Gasteiger partial charge in [-0.1, -0.05) is 29.3 Å². The number of aryl methyl sites for hydroxylation is 1. The highest BCUT2D eigenvalue weighted by atomic mass is 35.5. The minimum atomic E-state index is -0.582. The van der Waals surface area contributed by atoms with Gasteiger partial charge in [0, 0.05) is 11.1 Å². The second kappa shape index (κ2) is 6.21. The number of rotatable bonds is 3. The largest absolute Gasteiger partial charge is 0.495 e. The summed E-state index contributed by atoms with van der Waals surface area (Å²) in [5.41, 5.74) is 2.16. The van der Waals surface area contributed by atoms with Gasteiger partial charge in [-0.25, -0.2) is 4.39 Å². The molecule has 0 N–H and O–H groups in total. The molecule has 2 aromatic carbocycles. The second-order valence-electron chi connectivity index (χ2n) is 4.37. The molecule has 0 saturated heterocycles. The smallest absolute Gasteiger partial charge is 0.138 e. The van der Waals surface area contributed by atoms with Crippen molar-refractivity contribution in [3.63, 3.8) is 0 Å².